The number of nitrogens with zero attached hydrogens (tertiary/aromatic N) is 2. The van der Waals surface area contributed by atoms with Crippen LogP contribution in [0.3, 0.4) is 0 Å². The maximum absolute atomic E-state index is 12.8. The molecule has 3 heterocycles. The molecule has 0 aliphatic carbocycles. The van der Waals surface area contributed by atoms with Crippen molar-refractivity contribution in [1.29, 1.82) is 0 Å². The SMILES string of the molecule is O=C(Nc1ccc(Br)c(Cl)c1)N1C2CCC1c1n[nH]c(=O)cc1C2. The molecule has 2 atom stereocenters. The van der Waals surface area contributed by atoms with Gasteiger partial charge in [-0.05, 0) is 59.0 Å². The average Bonchev–Trinajstić information content (AvgIpc) is 2.86. The molecule has 2 N–H and O–H groups in total. The first kappa shape index (κ1) is 15.7. The summed E-state index contributed by atoms with van der Waals surface area (Å²) in [5.74, 6) is 0. The number of urea groups is 1. The number of halogens is 2. The fourth-order valence-corrected chi connectivity index (χ4v) is 4.01. The number of nitrogens with one attached hydrogen (secondary N) is 2. The van der Waals surface area contributed by atoms with Gasteiger partial charge in [-0.25, -0.2) is 9.89 Å². The Morgan fingerprint density at radius 1 is 1.38 bits per heavy atom. The molecule has 2 amide bonds. The minimum atomic E-state index is -0.199. The van der Waals surface area contributed by atoms with Gasteiger partial charge in [0.2, 0.25) is 0 Å². The van der Waals surface area contributed by atoms with Crippen molar-refractivity contribution in [2.75, 3.05) is 5.32 Å². The van der Waals surface area contributed by atoms with Crippen LogP contribution in [0.1, 0.15) is 30.1 Å². The molecule has 1 aromatic heterocycles. The molecular formula is C16H14BrClN4O2. The van der Waals surface area contributed by atoms with Crippen LogP contribution in [-0.2, 0) is 6.42 Å². The van der Waals surface area contributed by atoms with E-state index in [4.69, 9.17) is 11.6 Å². The predicted octanol–water partition coefficient (Wildman–Crippen LogP) is 3.48. The second kappa shape index (κ2) is 5.89. The van der Waals surface area contributed by atoms with Gasteiger partial charge in [-0.2, -0.15) is 5.10 Å². The normalized spacial score (nSPS) is 21.5. The molecule has 0 spiro atoms. The molecule has 8 heteroatoms. The van der Waals surface area contributed by atoms with Crippen LogP contribution in [0.2, 0.25) is 5.02 Å². The van der Waals surface area contributed by atoms with Crippen LogP contribution < -0.4 is 10.9 Å². The molecule has 0 radical (unpaired) electrons. The lowest BCUT2D eigenvalue weighted by atomic mass is 9.99. The molecule has 2 aliphatic rings. The molecule has 2 aromatic rings. The highest BCUT2D eigenvalue weighted by Crippen LogP contribution is 2.42. The van der Waals surface area contributed by atoms with Crippen LogP contribution in [0.5, 0.6) is 0 Å². The summed E-state index contributed by atoms with van der Waals surface area (Å²) in [6, 6.07) is 6.72. The highest BCUT2D eigenvalue weighted by molar-refractivity contribution is 9.10. The van der Waals surface area contributed by atoms with Gasteiger partial charge in [-0.15, -0.1) is 0 Å². The third kappa shape index (κ3) is 2.61. The fourth-order valence-electron chi connectivity index (χ4n) is 3.58. The number of benzene rings is 1. The van der Waals surface area contributed by atoms with E-state index >= 15 is 0 Å². The van der Waals surface area contributed by atoms with Crippen LogP contribution in [0.4, 0.5) is 10.5 Å². The minimum Gasteiger partial charge on any atom is -0.313 e. The summed E-state index contributed by atoms with van der Waals surface area (Å²) in [4.78, 5) is 26.1. The smallest absolute Gasteiger partial charge is 0.313 e. The number of carbonyl (C=O) groups is 1. The summed E-state index contributed by atoms with van der Waals surface area (Å²) in [6.07, 6.45) is 2.42. The fraction of sp³-hybridized carbons (Fsp3) is 0.312. The number of carbonyl (C=O) groups excluding carboxylic acids is 1. The van der Waals surface area contributed by atoms with E-state index < -0.39 is 0 Å². The topological polar surface area (TPSA) is 78.1 Å². The number of H-pyrrole nitrogens is 1. The van der Waals surface area contributed by atoms with Gasteiger partial charge in [-0.3, -0.25) is 4.79 Å². The van der Waals surface area contributed by atoms with Gasteiger partial charge >= 0.3 is 6.03 Å². The predicted molar refractivity (Wildman–Crippen MR) is 94.3 cm³/mol. The largest absolute Gasteiger partial charge is 0.322 e. The monoisotopic (exact) mass is 408 g/mol. The van der Waals surface area contributed by atoms with Gasteiger partial charge < -0.3 is 10.2 Å². The minimum absolute atomic E-state index is 0.0945. The summed E-state index contributed by atoms with van der Waals surface area (Å²) in [6.45, 7) is 0. The van der Waals surface area contributed by atoms with E-state index in [1.807, 2.05) is 4.90 Å². The van der Waals surface area contributed by atoms with Crippen molar-refractivity contribution in [1.82, 2.24) is 15.1 Å². The van der Waals surface area contributed by atoms with Crippen LogP contribution in [0.25, 0.3) is 0 Å². The molecule has 0 saturated carbocycles. The zero-order valence-corrected chi connectivity index (χ0v) is 14.9. The third-order valence-electron chi connectivity index (χ3n) is 4.60. The van der Waals surface area contributed by atoms with E-state index in [9.17, 15) is 9.59 Å². The van der Waals surface area contributed by atoms with E-state index in [2.05, 4.69) is 31.4 Å². The van der Waals surface area contributed by atoms with E-state index in [0.717, 1.165) is 28.6 Å². The van der Waals surface area contributed by atoms with Crippen molar-refractivity contribution in [3.8, 4) is 0 Å². The van der Waals surface area contributed by atoms with Gasteiger partial charge in [-0.1, -0.05) is 11.6 Å². The van der Waals surface area contributed by atoms with Crippen LogP contribution in [0.15, 0.2) is 33.5 Å². The molecule has 24 heavy (non-hydrogen) atoms. The van der Waals surface area contributed by atoms with E-state index in [1.54, 1.807) is 24.3 Å². The molecule has 2 aliphatic heterocycles. The number of fused-ring (bicyclic) bond motifs is 4. The Bertz CT molecular complexity index is 885. The molecule has 2 unspecified atom stereocenters. The van der Waals surface area contributed by atoms with Gasteiger partial charge in [0.05, 0.1) is 16.8 Å². The molecule has 1 saturated heterocycles. The summed E-state index contributed by atoms with van der Waals surface area (Å²) >= 11 is 9.41. The van der Waals surface area contributed by atoms with E-state index in [0.29, 0.717) is 17.1 Å². The quantitative estimate of drug-likeness (QED) is 0.757. The van der Waals surface area contributed by atoms with Crippen molar-refractivity contribution < 1.29 is 4.79 Å². The van der Waals surface area contributed by atoms with E-state index in [-0.39, 0.29) is 23.7 Å². The standard InChI is InChI=1S/C16H14BrClN4O2/c17-11-3-1-9(7-12(11)18)19-16(24)22-10-2-4-13(22)15-8(5-10)6-14(23)20-21-15/h1,3,6-7,10,13H,2,4-5H2,(H,19,24)(H,20,23). The summed E-state index contributed by atoms with van der Waals surface area (Å²) in [7, 11) is 0. The lowest BCUT2D eigenvalue weighted by molar-refractivity contribution is 0.177. The van der Waals surface area contributed by atoms with Crippen molar-refractivity contribution in [3.63, 3.8) is 0 Å². The van der Waals surface area contributed by atoms with E-state index in [1.165, 1.54) is 0 Å². The Kier molecular flexibility index (Phi) is 3.85. The van der Waals surface area contributed by atoms with Crippen molar-refractivity contribution in [2.45, 2.75) is 31.3 Å². The third-order valence-corrected chi connectivity index (χ3v) is 5.83. The van der Waals surface area contributed by atoms with Crippen molar-refractivity contribution in [3.05, 3.63) is 55.4 Å². The first-order valence-corrected chi connectivity index (χ1v) is 8.83. The van der Waals surface area contributed by atoms with Crippen molar-refractivity contribution in [2.24, 2.45) is 0 Å². The lowest BCUT2D eigenvalue weighted by Gasteiger charge is -2.35. The summed E-state index contributed by atoms with van der Waals surface area (Å²) < 4.78 is 0.780. The number of rotatable bonds is 1. The molecule has 6 nitrogen and oxygen atoms in total. The molecular weight excluding hydrogens is 396 g/mol. The number of aromatic amines is 1. The Hall–Kier alpha value is -1.86. The highest BCUT2D eigenvalue weighted by Gasteiger charge is 2.43. The lowest BCUT2D eigenvalue weighted by Crippen LogP contribution is -2.45. The maximum Gasteiger partial charge on any atom is 0.322 e. The van der Waals surface area contributed by atoms with Crippen LogP contribution in [-0.4, -0.2) is 27.2 Å². The van der Waals surface area contributed by atoms with Gasteiger partial charge in [0.25, 0.3) is 5.56 Å². The van der Waals surface area contributed by atoms with Gasteiger partial charge in [0, 0.05) is 22.3 Å². The van der Waals surface area contributed by atoms with Crippen LogP contribution >= 0.6 is 27.5 Å². The van der Waals surface area contributed by atoms with Crippen LogP contribution in [0, 0.1) is 0 Å². The Labute approximate surface area is 151 Å². The average molecular weight is 410 g/mol. The molecule has 4 rings (SSSR count). The Morgan fingerprint density at radius 2 is 2.21 bits per heavy atom. The zero-order chi connectivity index (χ0) is 16.8. The number of amides is 2. The highest BCUT2D eigenvalue weighted by atomic mass is 79.9. The number of anilines is 1. The Balaban J connectivity index is 1.60. The molecule has 1 fully saturated rings. The molecule has 1 aromatic carbocycles. The van der Waals surface area contributed by atoms with Gasteiger partial charge in [0.15, 0.2) is 0 Å². The zero-order valence-electron chi connectivity index (χ0n) is 12.6. The van der Waals surface area contributed by atoms with Gasteiger partial charge in [0.1, 0.15) is 0 Å². The Morgan fingerprint density at radius 3 is 3.00 bits per heavy atom. The second-order valence-electron chi connectivity index (χ2n) is 6.06. The first-order chi connectivity index (χ1) is 11.5. The first-order valence-electron chi connectivity index (χ1n) is 7.66. The number of aromatic nitrogens is 2. The maximum atomic E-state index is 12.8. The van der Waals surface area contributed by atoms with Crippen molar-refractivity contribution >= 4 is 39.2 Å². The molecule has 2 bridgehead atoms. The second-order valence-corrected chi connectivity index (χ2v) is 7.32. The molecule has 124 valence electrons. The summed E-state index contributed by atoms with van der Waals surface area (Å²) in [5.41, 5.74) is 2.19. The summed E-state index contributed by atoms with van der Waals surface area (Å²) in [5, 5.41) is 10.1. The number of hydrogen-bond donors (Lipinski definition) is 2. The number of hydrogen-bond acceptors (Lipinski definition) is 3.